The van der Waals surface area contributed by atoms with Gasteiger partial charge in [-0.1, -0.05) is 66.8 Å². The number of allylic oxidation sites excluding steroid dienone is 4. The Morgan fingerprint density at radius 3 is 2.27 bits per heavy atom. The van der Waals surface area contributed by atoms with E-state index in [1.807, 2.05) is 34.8 Å². The van der Waals surface area contributed by atoms with Gasteiger partial charge in [-0.3, -0.25) is 4.99 Å². The lowest BCUT2D eigenvalue weighted by Gasteiger charge is -2.21. The number of aromatic nitrogens is 1. The third kappa shape index (κ3) is 4.86. The largest absolute Gasteiger partial charge is 0.398 e. The number of nitrogen functional groups attached to an aromatic ring is 1. The number of aliphatic imine (C=N–C) groups is 1. The molecule has 0 aliphatic heterocycles. The number of anilines is 1. The van der Waals surface area contributed by atoms with Crippen molar-refractivity contribution in [3.05, 3.63) is 145 Å². The summed E-state index contributed by atoms with van der Waals surface area (Å²) in [6.07, 6.45) is 23.1. The predicted molar refractivity (Wildman–Crippen MR) is 212 cm³/mol. The number of para-hydroxylation sites is 1. The Hall–Kier alpha value is -4.71. The summed E-state index contributed by atoms with van der Waals surface area (Å²) in [5, 5.41) is 2.74. The molecule has 5 heteroatoms. The van der Waals surface area contributed by atoms with Crippen LogP contribution in [0.25, 0.3) is 44.5 Å². The number of hydrogen-bond acceptors (Lipinski definition) is 4. The Balaban J connectivity index is 1.07. The molecule has 0 spiro atoms. The average molecular weight is 672 g/mol. The number of nitrogens with two attached hydrogens (primary N) is 1. The summed E-state index contributed by atoms with van der Waals surface area (Å²) in [4.78, 5) is 8.50. The van der Waals surface area contributed by atoms with E-state index in [-0.39, 0.29) is 0 Å². The molecule has 2 N–H and O–H groups in total. The molecule has 3 heterocycles. The van der Waals surface area contributed by atoms with Gasteiger partial charge in [0.05, 0.1) is 5.71 Å². The average Bonchev–Trinajstić information content (AvgIpc) is 3.81. The van der Waals surface area contributed by atoms with Gasteiger partial charge >= 0.3 is 0 Å². The van der Waals surface area contributed by atoms with Crippen molar-refractivity contribution in [3.63, 3.8) is 0 Å². The highest BCUT2D eigenvalue weighted by Crippen LogP contribution is 2.43. The summed E-state index contributed by atoms with van der Waals surface area (Å²) in [5.74, 6) is 0. The molecule has 4 aliphatic carbocycles. The van der Waals surface area contributed by atoms with Crippen LogP contribution in [0.4, 0.5) is 5.69 Å². The summed E-state index contributed by atoms with van der Waals surface area (Å²) < 4.78 is 5.29. The zero-order chi connectivity index (χ0) is 32.5. The second-order valence-electron chi connectivity index (χ2n) is 13.7. The lowest BCUT2D eigenvalue weighted by molar-refractivity contribution is 0.644. The first kappa shape index (κ1) is 29.2. The molecule has 0 atom stereocenters. The number of hydrogen-bond donors (Lipinski definition) is 1. The van der Waals surface area contributed by atoms with Crippen LogP contribution in [0.15, 0.2) is 95.0 Å². The van der Waals surface area contributed by atoms with Crippen molar-refractivity contribution in [1.29, 1.82) is 0 Å². The monoisotopic (exact) mass is 671 g/mol. The summed E-state index contributed by atoms with van der Waals surface area (Å²) in [6, 6.07) is 24.0. The van der Waals surface area contributed by atoms with Gasteiger partial charge in [0.15, 0.2) is 0 Å². The Bertz CT molecular complexity index is 2490. The molecule has 240 valence electrons. The van der Waals surface area contributed by atoms with Gasteiger partial charge in [-0.05, 0) is 115 Å². The summed E-state index contributed by atoms with van der Waals surface area (Å²) in [7, 11) is 0. The van der Waals surface area contributed by atoms with E-state index in [1.165, 1.54) is 74.7 Å². The van der Waals surface area contributed by atoms with E-state index >= 15 is 0 Å². The summed E-state index contributed by atoms with van der Waals surface area (Å²) >= 11 is 3.91. The fourth-order valence-corrected chi connectivity index (χ4v) is 10.9. The summed E-state index contributed by atoms with van der Waals surface area (Å²) in [5.41, 5.74) is 22.0. The number of rotatable bonds is 5. The van der Waals surface area contributed by atoms with Crippen LogP contribution >= 0.6 is 22.7 Å². The van der Waals surface area contributed by atoms with Crippen molar-refractivity contribution >= 4 is 78.5 Å². The van der Waals surface area contributed by atoms with E-state index in [0.717, 1.165) is 73.9 Å². The van der Waals surface area contributed by atoms with Gasteiger partial charge in [0.1, 0.15) is 6.67 Å². The van der Waals surface area contributed by atoms with Crippen molar-refractivity contribution in [2.75, 3.05) is 5.73 Å². The Kier molecular flexibility index (Phi) is 6.99. The Morgan fingerprint density at radius 1 is 0.653 bits per heavy atom. The Morgan fingerprint density at radius 2 is 1.37 bits per heavy atom. The molecule has 3 aromatic heterocycles. The van der Waals surface area contributed by atoms with Crippen LogP contribution in [-0.2, 0) is 32.4 Å². The highest BCUT2D eigenvalue weighted by Gasteiger charge is 2.27. The van der Waals surface area contributed by atoms with E-state index in [0.29, 0.717) is 6.67 Å². The molecule has 0 bridgehead atoms. The highest BCUT2D eigenvalue weighted by molar-refractivity contribution is 7.19. The van der Waals surface area contributed by atoms with Gasteiger partial charge in [-0.25, -0.2) is 0 Å². The minimum atomic E-state index is 0.588. The second kappa shape index (κ2) is 11.7. The third-order valence-electron chi connectivity index (χ3n) is 10.9. The normalized spacial score (nSPS) is 16.7. The van der Waals surface area contributed by atoms with Crippen molar-refractivity contribution in [1.82, 2.24) is 4.57 Å². The van der Waals surface area contributed by atoms with E-state index in [1.54, 1.807) is 0 Å². The molecule has 10 rings (SSSR count). The van der Waals surface area contributed by atoms with Gasteiger partial charge in [0.25, 0.3) is 0 Å². The number of thiophene rings is 2. The molecule has 0 fully saturated rings. The first-order valence-electron chi connectivity index (χ1n) is 17.6. The van der Waals surface area contributed by atoms with E-state index in [4.69, 9.17) is 10.7 Å². The first-order valence-corrected chi connectivity index (χ1v) is 19.3. The highest BCUT2D eigenvalue weighted by atomic mass is 32.1. The molecule has 0 unspecified atom stereocenters. The maximum atomic E-state index is 6.65. The molecule has 3 nitrogen and oxygen atoms in total. The van der Waals surface area contributed by atoms with Crippen LogP contribution in [0, 0.1) is 0 Å². The minimum Gasteiger partial charge on any atom is -0.398 e. The van der Waals surface area contributed by atoms with Crippen LogP contribution < -0.4 is 5.73 Å². The molecular formula is C44H37N3S2. The fraction of sp³-hybridized carbons (Fsp3) is 0.205. The maximum absolute atomic E-state index is 6.65. The number of nitrogens with zero attached hydrogens (tertiary/aromatic N) is 2. The lowest BCUT2D eigenvalue weighted by atomic mass is 9.85. The number of benzene rings is 3. The second-order valence-corrected chi connectivity index (χ2v) is 16.0. The number of aryl methyl sites for hydroxylation is 2. The van der Waals surface area contributed by atoms with Crippen LogP contribution in [0.2, 0.25) is 0 Å². The molecule has 4 aliphatic rings. The van der Waals surface area contributed by atoms with Crippen molar-refractivity contribution < 1.29 is 0 Å². The predicted octanol–water partition coefficient (Wildman–Crippen LogP) is 11.3. The molecule has 0 radical (unpaired) electrons. The molecule has 6 aromatic rings. The number of fused-ring (bicyclic) bond motifs is 9. The van der Waals surface area contributed by atoms with Gasteiger partial charge in [-0.2, -0.15) is 0 Å². The van der Waals surface area contributed by atoms with Gasteiger partial charge in [-0.15, -0.1) is 22.7 Å². The lowest BCUT2D eigenvalue weighted by Crippen LogP contribution is -2.13. The molecular weight excluding hydrogens is 635 g/mol. The molecule has 0 saturated heterocycles. The zero-order valence-electron chi connectivity index (χ0n) is 27.5. The van der Waals surface area contributed by atoms with Crippen molar-refractivity contribution in [2.45, 2.75) is 58.0 Å². The van der Waals surface area contributed by atoms with Gasteiger partial charge < -0.3 is 10.3 Å². The van der Waals surface area contributed by atoms with Crippen molar-refractivity contribution in [3.8, 4) is 0 Å². The quantitative estimate of drug-likeness (QED) is 0.144. The van der Waals surface area contributed by atoms with Gasteiger partial charge in [0, 0.05) is 63.9 Å². The molecule has 0 saturated carbocycles. The van der Waals surface area contributed by atoms with E-state index in [2.05, 4.69) is 95.6 Å². The minimum absolute atomic E-state index is 0.588. The van der Waals surface area contributed by atoms with Gasteiger partial charge in [0.2, 0.25) is 0 Å². The molecule has 49 heavy (non-hydrogen) atoms. The van der Waals surface area contributed by atoms with E-state index < -0.39 is 0 Å². The Labute approximate surface area is 295 Å². The molecule has 0 amide bonds. The van der Waals surface area contributed by atoms with Crippen LogP contribution in [0.3, 0.4) is 0 Å². The SMILES string of the molecule is Nc1ccccc1/C(=N\Cn1c2c(c3c1CCC(C1=Cc4c(sc5ccccc45)CC1)=C3)C=CCC2)c1ccc2sc3c(c2c1)C=CCC3. The first-order chi connectivity index (χ1) is 24.2. The fourth-order valence-electron chi connectivity index (χ4n) is 8.49. The standard InChI is InChI=1S/C44H37N3S2/c45-37-13-5-1-12-33(37)44(29-19-22-43-36(25-29)32-11-4-8-16-41(32)49-43)46-26-47-38-14-6-2-9-30(38)34-23-27(17-20-39(34)47)28-18-21-42-35(24-28)31-10-3-7-15-40(31)48-42/h1-5,7,9-13,15,19,22-25H,6,8,14,16-18,20-21,26,45H2/b46-44-. The maximum Gasteiger partial charge on any atom is 0.115 e. The zero-order valence-corrected chi connectivity index (χ0v) is 29.1. The van der Waals surface area contributed by atoms with Crippen LogP contribution in [0.1, 0.15) is 80.2 Å². The summed E-state index contributed by atoms with van der Waals surface area (Å²) in [6.45, 7) is 0.588. The van der Waals surface area contributed by atoms with Crippen LogP contribution in [0.5, 0.6) is 0 Å². The molecule has 3 aromatic carbocycles. The van der Waals surface area contributed by atoms with Crippen LogP contribution in [-0.4, -0.2) is 10.3 Å². The topological polar surface area (TPSA) is 43.3 Å². The van der Waals surface area contributed by atoms with Crippen molar-refractivity contribution in [2.24, 2.45) is 4.99 Å². The van der Waals surface area contributed by atoms with E-state index in [9.17, 15) is 0 Å². The third-order valence-corrected chi connectivity index (χ3v) is 13.4. The smallest absolute Gasteiger partial charge is 0.115 e.